The average molecular weight is 426 g/mol. The number of hydrogen-bond acceptors (Lipinski definition) is 5. The number of likely N-dealkylation sites (tertiary alicyclic amines) is 1. The first-order chi connectivity index (χ1) is 15.0. The van der Waals surface area contributed by atoms with Crippen molar-refractivity contribution >= 4 is 5.91 Å². The minimum atomic E-state index is -0.313. The van der Waals surface area contributed by atoms with Crippen molar-refractivity contribution in [2.75, 3.05) is 26.5 Å². The predicted octanol–water partition coefficient (Wildman–Crippen LogP) is 3.98. The van der Waals surface area contributed by atoms with Gasteiger partial charge in [0.2, 0.25) is 0 Å². The molecule has 6 nitrogen and oxygen atoms in total. The van der Waals surface area contributed by atoms with Crippen LogP contribution in [0.15, 0.2) is 48.5 Å². The number of aliphatic hydroxyl groups is 1. The van der Waals surface area contributed by atoms with Crippen molar-refractivity contribution in [3.63, 3.8) is 0 Å². The van der Waals surface area contributed by atoms with Gasteiger partial charge in [0.1, 0.15) is 17.1 Å². The molecule has 1 saturated heterocycles. The highest BCUT2D eigenvalue weighted by molar-refractivity contribution is 5.94. The Labute approximate surface area is 183 Å². The number of para-hydroxylation sites is 1. The molecule has 0 aliphatic carbocycles. The zero-order valence-corrected chi connectivity index (χ0v) is 18.3. The van der Waals surface area contributed by atoms with Crippen LogP contribution in [0.1, 0.15) is 54.9 Å². The Kier molecular flexibility index (Phi) is 6.49. The molecular formula is C25H31NO5. The summed E-state index contributed by atoms with van der Waals surface area (Å²) in [5.41, 5.74) is 1.42. The van der Waals surface area contributed by atoms with Crippen LogP contribution in [0.25, 0.3) is 0 Å². The highest BCUT2D eigenvalue weighted by Crippen LogP contribution is 2.45. The van der Waals surface area contributed by atoms with Gasteiger partial charge >= 0.3 is 0 Å². The third kappa shape index (κ3) is 4.86. The summed E-state index contributed by atoms with van der Waals surface area (Å²) in [5, 5.41) is 9.91. The fraction of sp³-hybridized carbons (Fsp3) is 0.480. The maximum absolute atomic E-state index is 13.0. The monoisotopic (exact) mass is 425 g/mol. The van der Waals surface area contributed by atoms with Crippen molar-refractivity contribution in [2.45, 2.75) is 50.7 Å². The number of ether oxygens (including phenoxy) is 3. The summed E-state index contributed by atoms with van der Waals surface area (Å²) in [6, 6.07) is 15.2. The van der Waals surface area contributed by atoms with Crippen molar-refractivity contribution in [2.24, 2.45) is 0 Å². The number of nitrogens with zero attached hydrogens (tertiary/aromatic N) is 1. The Morgan fingerprint density at radius 2 is 1.87 bits per heavy atom. The van der Waals surface area contributed by atoms with Crippen LogP contribution in [0, 0.1) is 0 Å². The van der Waals surface area contributed by atoms with Crippen molar-refractivity contribution in [3.8, 4) is 11.5 Å². The first-order valence-electron chi connectivity index (χ1n) is 11.0. The lowest BCUT2D eigenvalue weighted by Crippen LogP contribution is -2.52. The number of fused-ring (bicyclic) bond motifs is 1. The molecule has 1 spiro atoms. The molecular weight excluding hydrogens is 394 g/mol. The SMILES string of the molecule is CC(C)OCOc1ccc(C(=O)N2CCC3(CC2)CC(CO)c2ccccc2O3)cc1. The Balaban J connectivity index is 1.36. The summed E-state index contributed by atoms with van der Waals surface area (Å²) in [7, 11) is 0. The van der Waals surface area contributed by atoms with Crippen molar-refractivity contribution in [1.29, 1.82) is 0 Å². The number of carbonyl (C=O) groups is 1. The van der Waals surface area contributed by atoms with Gasteiger partial charge in [0.05, 0.1) is 12.7 Å². The lowest BCUT2D eigenvalue weighted by atomic mass is 9.77. The average Bonchev–Trinajstić information content (AvgIpc) is 2.79. The van der Waals surface area contributed by atoms with E-state index in [1.54, 1.807) is 24.3 Å². The van der Waals surface area contributed by atoms with E-state index in [9.17, 15) is 9.90 Å². The fourth-order valence-electron chi connectivity index (χ4n) is 4.45. The molecule has 1 atom stereocenters. The summed E-state index contributed by atoms with van der Waals surface area (Å²) >= 11 is 0. The Morgan fingerprint density at radius 3 is 2.55 bits per heavy atom. The van der Waals surface area contributed by atoms with Crippen LogP contribution in [0.3, 0.4) is 0 Å². The van der Waals surface area contributed by atoms with Crippen LogP contribution in [0.2, 0.25) is 0 Å². The molecule has 2 aliphatic heterocycles. The van der Waals surface area contributed by atoms with E-state index in [1.165, 1.54) is 0 Å². The van der Waals surface area contributed by atoms with E-state index in [4.69, 9.17) is 14.2 Å². The van der Waals surface area contributed by atoms with Crippen LogP contribution >= 0.6 is 0 Å². The molecule has 0 aromatic heterocycles. The lowest BCUT2D eigenvalue weighted by Gasteiger charge is -2.46. The number of carbonyl (C=O) groups excluding carboxylic acids is 1. The number of aliphatic hydroxyl groups excluding tert-OH is 1. The van der Waals surface area contributed by atoms with Gasteiger partial charge in [0.25, 0.3) is 5.91 Å². The quantitative estimate of drug-likeness (QED) is 0.709. The summed E-state index contributed by atoms with van der Waals surface area (Å²) in [6.45, 7) is 5.49. The minimum absolute atomic E-state index is 0.0229. The standard InChI is InChI=1S/C25H31NO5/c1-18(2)29-17-30-21-9-7-19(8-10-21)24(28)26-13-11-25(12-14-26)15-20(16-27)22-5-3-4-6-23(22)31-25/h3-10,18,20,27H,11-17H2,1-2H3. The van der Waals surface area contributed by atoms with Gasteiger partial charge in [-0.3, -0.25) is 4.79 Å². The molecule has 1 fully saturated rings. The van der Waals surface area contributed by atoms with E-state index in [0.717, 1.165) is 30.6 Å². The molecule has 2 aromatic carbocycles. The number of benzene rings is 2. The topological polar surface area (TPSA) is 68.2 Å². The molecule has 4 rings (SSSR count). The molecule has 1 unspecified atom stereocenters. The van der Waals surface area contributed by atoms with Gasteiger partial charge in [0, 0.05) is 37.4 Å². The van der Waals surface area contributed by atoms with Crippen molar-refractivity contribution in [1.82, 2.24) is 4.90 Å². The Hall–Kier alpha value is -2.57. The second-order valence-corrected chi connectivity index (χ2v) is 8.70. The number of rotatable bonds is 6. The summed E-state index contributed by atoms with van der Waals surface area (Å²) in [4.78, 5) is 14.9. The Bertz CT molecular complexity index is 887. The molecule has 6 heteroatoms. The minimum Gasteiger partial charge on any atom is -0.487 e. The Morgan fingerprint density at radius 1 is 1.16 bits per heavy atom. The first kappa shape index (κ1) is 21.7. The first-order valence-corrected chi connectivity index (χ1v) is 11.0. The molecule has 0 bridgehead atoms. The molecule has 31 heavy (non-hydrogen) atoms. The second-order valence-electron chi connectivity index (χ2n) is 8.70. The molecule has 2 heterocycles. The highest BCUT2D eigenvalue weighted by Gasteiger charge is 2.43. The summed E-state index contributed by atoms with van der Waals surface area (Å²) in [6.07, 6.45) is 2.42. The van der Waals surface area contributed by atoms with Crippen molar-refractivity contribution < 1.29 is 24.1 Å². The molecule has 0 saturated carbocycles. The third-order valence-corrected chi connectivity index (χ3v) is 6.21. The summed E-state index contributed by atoms with van der Waals surface area (Å²) in [5.74, 6) is 1.65. The van der Waals surface area contributed by atoms with Crippen LogP contribution in [0.4, 0.5) is 0 Å². The van der Waals surface area contributed by atoms with E-state index in [1.807, 2.05) is 43.0 Å². The van der Waals surface area contributed by atoms with Gasteiger partial charge in [0.15, 0.2) is 6.79 Å². The molecule has 166 valence electrons. The largest absolute Gasteiger partial charge is 0.487 e. The molecule has 0 radical (unpaired) electrons. The van der Waals surface area contributed by atoms with E-state index >= 15 is 0 Å². The molecule has 1 N–H and O–H groups in total. The summed E-state index contributed by atoms with van der Waals surface area (Å²) < 4.78 is 17.3. The van der Waals surface area contributed by atoms with E-state index in [2.05, 4.69) is 0 Å². The third-order valence-electron chi connectivity index (χ3n) is 6.21. The highest BCUT2D eigenvalue weighted by atomic mass is 16.7. The maximum Gasteiger partial charge on any atom is 0.253 e. The normalized spacial score (nSPS) is 19.7. The second kappa shape index (κ2) is 9.28. The molecule has 2 aliphatic rings. The van der Waals surface area contributed by atoms with Gasteiger partial charge in [-0.15, -0.1) is 0 Å². The van der Waals surface area contributed by atoms with Crippen LogP contribution in [0.5, 0.6) is 11.5 Å². The number of hydrogen-bond donors (Lipinski definition) is 1. The van der Waals surface area contributed by atoms with Gasteiger partial charge in [-0.05, 0) is 56.2 Å². The van der Waals surface area contributed by atoms with Gasteiger partial charge in [-0.1, -0.05) is 18.2 Å². The lowest BCUT2D eigenvalue weighted by molar-refractivity contribution is -0.0229. The maximum atomic E-state index is 13.0. The van der Waals surface area contributed by atoms with Gasteiger partial charge in [-0.25, -0.2) is 0 Å². The van der Waals surface area contributed by atoms with Gasteiger partial charge < -0.3 is 24.2 Å². The predicted molar refractivity (Wildman–Crippen MR) is 118 cm³/mol. The van der Waals surface area contributed by atoms with Crippen LogP contribution < -0.4 is 9.47 Å². The van der Waals surface area contributed by atoms with E-state index < -0.39 is 0 Å². The van der Waals surface area contributed by atoms with Crippen molar-refractivity contribution in [3.05, 3.63) is 59.7 Å². The van der Waals surface area contributed by atoms with E-state index in [0.29, 0.717) is 24.4 Å². The van der Waals surface area contributed by atoms with Crippen LogP contribution in [-0.2, 0) is 4.74 Å². The number of amides is 1. The van der Waals surface area contributed by atoms with Crippen LogP contribution in [-0.4, -0.2) is 54.1 Å². The molecule has 1 amide bonds. The zero-order valence-electron chi connectivity index (χ0n) is 18.3. The number of piperidine rings is 1. The zero-order chi connectivity index (χ0) is 21.8. The smallest absolute Gasteiger partial charge is 0.253 e. The van der Waals surface area contributed by atoms with Gasteiger partial charge in [-0.2, -0.15) is 0 Å². The molecule has 2 aromatic rings. The van der Waals surface area contributed by atoms with E-state index in [-0.39, 0.29) is 36.9 Å². The fourth-order valence-corrected chi connectivity index (χ4v) is 4.45.